The zero-order valence-corrected chi connectivity index (χ0v) is 31.5. The molecule has 0 atom stereocenters. The first-order valence-electron chi connectivity index (χ1n) is 19.7. The maximum atomic E-state index is 6.80. The summed E-state index contributed by atoms with van der Waals surface area (Å²) in [6.45, 7) is 4.51. The van der Waals surface area contributed by atoms with E-state index in [-0.39, 0.29) is 0 Å². The number of rotatable bonds is 4. The average Bonchev–Trinajstić information content (AvgIpc) is 3.93. The van der Waals surface area contributed by atoms with Crippen LogP contribution in [0, 0.1) is 0 Å². The van der Waals surface area contributed by atoms with Gasteiger partial charge >= 0.3 is 0 Å². The lowest BCUT2D eigenvalue weighted by atomic mass is 9.97. The molecule has 272 valence electrons. The number of hydrogen-bond acceptors (Lipinski definition) is 2. The second-order valence-corrected chi connectivity index (χ2v) is 15.1. The molecule has 58 heavy (non-hydrogen) atoms. The number of benzene rings is 8. The number of nitrogens with zero attached hydrogens (tertiary/aromatic N) is 3. The van der Waals surface area contributed by atoms with Gasteiger partial charge in [0.2, 0.25) is 0 Å². The van der Waals surface area contributed by atoms with E-state index in [9.17, 15) is 0 Å². The first-order valence-corrected chi connectivity index (χ1v) is 19.7. The Hall–Kier alpha value is -7.82. The molecular formula is C54H35N3O. The summed E-state index contributed by atoms with van der Waals surface area (Å²) in [5.41, 5.74) is 14.8. The van der Waals surface area contributed by atoms with Gasteiger partial charge in [0.15, 0.2) is 0 Å². The summed E-state index contributed by atoms with van der Waals surface area (Å²) < 4.78 is 11.6. The van der Waals surface area contributed by atoms with E-state index in [0.29, 0.717) is 0 Å². The zero-order chi connectivity index (χ0) is 38.3. The third kappa shape index (κ3) is 4.82. The summed E-state index contributed by atoms with van der Waals surface area (Å²) in [6, 6.07) is 63.4. The molecule has 1 aliphatic heterocycles. The van der Waals surface area contributed by atoms with E-state index >= 15 is 0 Å². The molecular weight excluding hydrogens is 707 g/mol. The SMILES string of the molecule is C=C1/C=C\C=C/N(c2ccccc2)c2ccc3c(oc4ccc(-c5cc(-n6c7ccccc7c7ccccc76)cc(-n6c7ccccc7c7ccccc76)c5)cc43)c21. The van der Waals surface area contributed by atoms with Crippen LogP contribution in [0.15, 0.2) is 211 Å². The van der Waals surface area contributed by atoms with Crippen LogP contribution in [0.2, 0.25) is 0 Å². The molecule has 0 amide bonds. The largest absolute Gasteiger partial charge is 0.455 e. The van der Waals surface area contributed by atoms with Crippen LogP contribution in [0.1, 0.15) is 5.56 Å². The molecule has 0 N–H and O–H groups in total. The van der Waals surface area contributed by atoms with Crippen molar-refractivity contribution in [3.63, 3.8) is 0 Å². The Morgan fingerprint density at radius 3 is 1.55 bits per heavy atom. The van der Waals surface area contributed by atoms with Gasteiger partial charge in [-0.05, 0) is 102 Å². The molecule has 0 aliphatic carbocycles. The first kappa shape index (κ1) is 32.4. The minimum absolute atomic E-state index is 0.834. The van der Waals surface area contributed by atoms with E-state index in [1.165, 1.54) is 43.6 Å². The maximum absolute atomic E-state index is 6.80. The third-order valence-corrected chi connectivity index (χ3v) is 11.8. The molecule has 0 fully saturated rings. The Bertz CT molecular complexity index is 3300. The second-order valence-electron chi connectivity index (χ2n) is 15.1. The topological polar surface area (TPSA) is 26.2 Å². The van der Waals surface area contributed by atoms with Crippen molar-refractivity contribution in [3.8, 4) is 22.5 Å². The number of anilines is 2. The van der Waals surface area contributed by atoms with Gasteiger partial charge in [-0.3, -0.25) is 0 Å². The molecule has 4 heteroatoms. The number of hydrogen-bond donors (Lipinski definition) is 0. The van der Waals surface area contributed by atoms with Crippen LogP contribution in [0.25, 0.3) is 93.6 Å². The summed E-state index contributed by atoms with van der Waals surface area (Å²) in [5, 5.41) is 7.07. The van der Waals surface area contributed by atoms with Crippen molar-refractivity contribution in [1.29, 1.82) is 0 Å². The summed E-state index contributed by atoms with van der Waals surface area (Å²) in [4.78, 5) is 2.21. The van der Waals surface area contributed by atoms with Crippen LogP contribution in [-0.4, -0.2) is 9.13 Å². The molecule has 0 radical (unpaired) electrons. The van der Waals surface area contributed by atoms with Crippen molar-refractivity contribution >= 4 is 82.5 Å². The van der Waals surface area contributed by atoms with E-state index in [2.05, 4.69) is 209 Å². The number of furan rings is 1. The molecule has 12 rings (SSSR count). The minimum Gasteiger partial charge on any atom is -0.455 e. The molecule has 0 saturated carbocycles. The molecule has 0 bridgehead atoms. The fraction of sp³-hybridized carbons (Fsp3) is 0. The van der Waals surface area contributed by atoms with Gasteiger partial charge < -0.3 is 18.5 Å². The van der Waals surface area contributed by atoms with Crippen LogP contribution < -0.4 is 4.90 Å². The van der Waals surface area contributed by atoms with Gasteiger partial charge in [0.05, 0.1) is 27.8 Å². The highest BCUT2D eigenvalue weighted by Gasteiger charge is 2.22. The predicted octanol–water partition coefficient (Wildman–Crippen LogP) is 14.7. The summed E-state index contributed by atoms with van der Waals surface area (Å²) >= 11 is 0. The molecule has 0 saturated heterocycles. The number of aromatic nitrogens is 2. The Morgan fingerprint density at radius 1 is 0.414 bits per heavy atom. The number of allylic oxidation sites excluding steroid dienone is 4. The molecule has 4 heterocycles. The fourth-order valence-corrected chi connectivity index (χ4v) is 9.23. The molecule has 4 nitrogen and oxygen atoms in total. The standard InChI is InChI=1S/C54H35N3O/c1-35-15-13-14-30-55(38-16-3-2-4-17-38)51-28-27-45-46-33-36(26-29-52(46)58-54(45)53(35)51)37-31-39(56-47-22-9-5-18-41(47)42-19-6-10-23-48(42)56)34-40(32-37)57-49-24-11-7-20-43(49)44-21-8-12-25-50(44)57/h2-34H,1H2/b15-13-,30-14-. The first-order chi connectivity index (χ1) is 28.7. The van der Waals surface area contributed by atoms with Crippen LogP contribution >= 0.6 is 0 Å². The monoisotopic (exact) mass is 741 g/mol. The molecule has 11 aromatic rings. The molecule has 0 unspecified atom stereocenters. The van der Waals surface area contributed by atoms with Crippen molar-refractivity contribution in [3.05, 3.63) is 212 Å². The molecule has 1 aliphatic rings. The Morgan fingerprint density at radius 2 is 0.966 bits per heavy atom. The highest BCUT2D eigenvalue weighted by molar-refractivity contribution is 6.13. The van der Waals surface area contributed by atoms with Gasteiger partial charge in [0, 0.05) is 61.1 Å². The summed E-state index contributed by atoms with van der Waals surface area (Å²) in [5.74, 6) is 0. The quantitative estimate of drug-likeness (QED) is 0.180. The van der Waals surface area contributed by atoms with E-state index in [0.717, 1.165) is 67.0 Å². The lowest BCUT2D eigenvalue weighted by Crippen LogP contribution is -2.11. The van der Waals surface area contributed by atoms with Crippen LogP contribution in [0.4, 0.5) is 11.4 Å². The van der Waals surface area contributed by atoms with E-state index in [1.807, 2.05) is 12.1 Å². The van der Waals surface area contributed by atoms with Gasteiger partial charge in [-0.1, -0.05) is 116 Å². The average molecular weight is 742 g/mol. The van der Waals surface area contributed by atoms with Crippen LogP contribution in [0.3, 0.4) is 0 Å². The Balaban J connectivity index is 1.11. The normalized spacial score (nSPS) is 14.1. The Kier molecular flexibility index (Phi) is 7.05. The molecule has 0 spiro atoms. The van der Waals surface area contributed by atoms with Crippen molar-refractivity contribution in [2.24, 2.45) is 0 Å². The molecule has 3 aromatic heterocycles. The van der Waals surface area contributed by atoms with Crippen molar-refractivity contribution in [2.75, 3.05) is 4.90 Å². The molecule has 8 aromatic carbocycles. The predicted molar refractivity (Wildman–Crippen MR) is 244 cm³/mol. The second kappa shape index (κ2) is 12.6. The zero-order valence-electron chi connectivity index (χ0n) is 31.5. The van der Waals surface area contributed by atoms with Gasteiger partial charge in [0.1, 0.15) is 11.2 Å². The highest BCUT2D eigenvalue weighted by Crippen LogP contribution is 2.44. The van der Waals surface area contributed by atoms with E-state index in [1.54, 1.807) is 0 Å². The lowest BCUT2D eigenvalue weighted by Gasteiger charge is -2.25. The smallest absolute Gasteiger partial charge is 0.145 e. The van der Waals surface area contributed by atoms with Gasteiger partial charge in [-0.25, -0.2) is 0 Å². The minimum atomic E-state index is 0.834. The number of fused-ring (bicyclic) bond motifs is 11. The lowest BCUT2D eigenvalue weighted by molar-refractivity contribution is 0.668. The third-order valence-electron chi connectivity index (χ3n) is 11.8. The van der Waals surface area contributed by atoms with Crippen LogP contribution in [0.5, 0.6) is 0 Å². The fourth-order valence-electron chi connectivity index (χ4n) is 9.23. The summed E-state index contributed by atoms with van der Waals surface area (Å²) in [6.07, 6.45) is 8.26. The van der Waals surface area contributed by atoms with Gasteiger partial charge in [-0.15, -0.1) is 0 Å². The van der Waals surface area contributed by atoms with Crippen LogP contribution in [-0.2, 0) is 0 Å². The summed E-state index contributed by atoms with van der Waals surface area (Å²) in [7, 11) is 0. The Labute approximate surface area is 334 Å². The van der Waals surface area contributed by atoms with Gasteiger partial charge in [-0.2, -0.15) is 0 Å². The van der Waals surface area contributed by atoms with E-state index in [4.69, 9.17) is 4.42 Å². The van der Waals surface area contributed by atoms with Gasteiger partial charge in [0.25, 0.3) is 0 Å². The van der Waals surface area contributed by atoms with E-state index < -0.39 is 0 Å². The van der Waals surface area contributed by atoms with Crippen molar-refractivity contribution in [1.82, 2.24) is 9.13 Å². The van der Waals surface area contributed by atoms with Crippen molar-refractivity contribution < 1.29 is 4.42 Å². The number of para-hydroxylation sites is 5. The van der Waals surface area contributed by atoms with Crippen molar-refractivity contribution in [2.45, 2.75) is 0 Å². The maximum Gasteiger partial charge on any atom is 0.145 e. The highest BCUT2D eigenvalue weighted by atomic mass is 16.3.